The summed E-state index contributed by atoms with van der Waals surface area (Å²) in [4.78, 5) is 0. The molecule has 0 aliphatic rings. The molecule has 2 rings (SSSR count). The topological polar surface area (TPSA) is 29.5 Å². The van der Waals surface area contributed by atoms with Crippen molar-refractivity contribution in [2.75, 3.05) is 7.11 Å². The molecule has 2 aromatic carbocycles. The third-order valence-electron chi connectivity index (χ3n) is 3.01. The van der Waals surface area contributed by atoms with Gasteiger partial charge < -0.3 is 9.84 Å². The van der Waals surface area contributed by atoms with Gasteiger partial charge in [-0.1, -0.05) is 12.1 Å². The average Bonchev–Trinajstić information content (AvgIpc) is 2.38. The molecule has 0 aliphatic heterocycles. The molecule has 100 valence electrons. The molecular formula is C15H14F2O2. The number of aliphatic hydroxyl groups excluding tert-OH is 1. The van der Waals surface area contributed by atoms with Gasteiger partial charge in [0.1, 0.15) is 23.5 Å². The van der Waals surface area contributed by atoms with E-state index in [1.54, 1.807) is 25.1 Å². The van der Waals surface area contributed by atoms with E-state index in [1.165, 1.54) is 13.2 Å². The maximum absolute atomic E-state index is 13.6. The van der Waals surface area contributed by atoms with E-state index < -0.39 is 17.7 Å². The maximum atomic E-state index is 13.6. The number of ether oxygens (including phenoxy) is 1. The van der Waals surface area contributed by atoms with Gasteiger partial charge in [0.05, 0.1) is 12.7 Å². The van der Waals surface area contributed by atoms with E-state index in [0.717, 1.165) is 17.7 Å². The largest absolute Gasteiger partial charge is 0.496 e. The molecule has 0 saturated heterocycles. The predicted molar refractivity (Wildman–Crippen MR) is 68.2 cm³/mol. The van der Waals surface area contributed by atoms with Gasteiger partial charge in [-0.25, -0.2) is 8.78 Å². The molecule has 0 spiro atoms. The van der Waals surface area contributed by atoms with Gasteiger partial charge in [0.2, 0.25) is 0 Å². The molecule has 1 N–H and O–H groups in total. The second kappa shape index (κ2) is 5.36. The van der Waals surface area contributed by atoms with Gasteiger partial charge in [-0.15, -0.1) is 0 Å². The van der Waals surface area contributed by atoms with Gasteiger partial charge >= 0.3 is 0 Å². The smallest absolute Gasteiger partial charge is 0.132 e. The number of methoxy groups -OCH3 is 1. The number of halogens is 2. The lowest BCUT2D eigenvalue weighted by molar-refractivity contribution is 0.209. The Labute approximate surface area is 110 Å². The molecule has 19 heavy (non-hydrogen) atoms. The Morgan fingerprint density at radius 3 is 2.26 bits per heavy atom. The Kier molecular flexibility index (Phi) is 3.81. The molecule has 2 aromatic rings. The zero-order chi connectivity index (χ0) is 14.0. The fourth-order valence-electron chi connectivity index (χ4n) is 2.01. The van der Waals surface area contributed by atoms with Gasteiger partial charge in [-0.05, 0) is 42.3 Å². The fourth-order valence-corrected chi connectivity index (χ4v) is 2.01. The van der Waals surface area contributed by atoms with Crippen LogP contribution >= 0.6 is 0 Å². The zero-order valence-corrected chi connectivity index (χ0v) is 10.7. The van der Waals surface area contributed by atoms with Crippen LogP contribution in [0.4, 0.5) is 8.78 Å². The van der Waals surface area contributed by atoms with Crippen LogP contribution in [0.3, 0.4) is 0 Å². The number of hydrogen-bond donors (Lipinski definition) is 1. The first-order chi connectivity index (χ1) is 9.04. The van der Waals surface area contributed by atoms with E-state index in [4.69, 9.17) is 4.74 Å². The number of aryl methyl sites for hydroxylation is 1. The van der Waals surface area contributed by atoms with Crippen LogP contribution in [-0.4, -0.2) is 12.2 Å². The molecule has 1 unspecified atom stereocenters. The molecule has 0 fully saturated rings. The highest BCUT2D eigenvalue weighted by Gasteiger charge is 2.19. The molecular weight excluding hydrogens is 250 g/mol. The van der Waals surface area contributed by atoms with Crippen LogP contribution in [-0.2, 0) is 0 Å². The predicted octanol–water partition coefficient (Wildman–Crippen LogP) is 3.36. The van der Waals surface area contributed by atoms with Gasteiger partial charge in [-0.3, -0.25) is 0 Å². The van der Waals surface area contributed by atoms with Crippen molar-refractivity contribution in [2.24, 2.45) is 0 Å². The summed E-state index contributed by atoms with van der Waals surface area (Å²) in [6.45, 7) is 1.80. The summed E-state index contributed by atoms with van der Waals surface area (Å²) in [6.07, 6.45) is -1.34. The minimum absolute atomic E-state index is 0.341. The van der Waals surface area contributed by atoms with Crippen molar-refractivity contribution >= 4 is 0 Å². The Morgan fingerprint density at radius 1 is 1.11 bits per heavy atom. The highest BCUT2D eigenvalue weighted by molar-refractivity contribution is 5.40. The van der Waals surface area contributed by atoms with Crippen LogP contribution in [0.2, 0.25) is 0 Å². The molecule has 0 saturated carbocycles. The highest BCUT2D eigenvalue weighted by atomic mass is 19.1. The first kappa shape index (κ1) is 13.5. The third kappa shape index (κ3) is 2.58. The van der Waals surface area contributed by atoms with Crippen LogP contribution in [0.1, 0.15) is 22.8 Å². The lowest BCUT2D eigenvalue weighted by Crippen LogP contribution is -2.06. The second-order valence-electron chi connectivity index (χ2n) is 4.27. The lowest BCUT2D eigenvalue weighted by atomic mass is 9.98. The van der Waals surface area contributed by atoms with Crippen molar-refractivity contribution in [3.05, 3.63) is 64.7 Å². The van der Waals surface area contributed by atoms with Crippen LogP contribution in [0, 0.1) is 18.6 Å². The van der Waals surface area contributed by atoms with Crippen molar-refractivity contribution < 1.29 is 18.6 Å². The molecule has 0 amide bonds. The minimum atomic E-state index is -1.34. The van der Waals surface area contributed by atoms with Gasteiger partial charge in [-0.2, -0.15) is 0 Å². The van der Waals surface area contributed by atoms with Crippen LogP contribution in [0.25, 0.3) is 0 Å². The first-order valence-electron chi connectivity index (χ1n) is 5.81. The minimum Gasteiger partial charge on any atom is -0.496 e. The van der Waals surface area contributed by atoms with Crippen molar-refractivity contribution in [3.8, 4) is 5.75 Å². The van der Waals surface area contributed by atoms with Crippen molar-refractivity contribution in [3.63, 3.8) is 0 Å². The monoisotopic (exact) mass is 264 g/mol. The summed E-state index contributed by atoms with van der Waals surface area (Å²) in [5.74, 6) is -0.869. The van der Waals surface area contributed by atoms with Crippen molar-refractivity contribution in [1.29, 1.82) is 0 Å². The van der Waals surface area contributed by atoms with Gasteiger partial charge in [0.25, 0.3) is 0 Å². The zero-order valence-electron chi connectivity index (χ0n) is 10.7. The highest BCUT2D eigenvalue weighted by Crippen LogP contribution is 2.29. The van der Waals surface area contributed by atoms with Crippen LogP contribution in [0.5, 0.6) is 5.75 Å². The van der Waals surface area contributed by atoms with Crippen molar-refractivity contribution in [1.82, 2.24) is 0 Å². The standard InChI is InChI=1S/C15H14F2O2/c1-9-8-10(6-7-13(9)19-2)15(18)14-11(16)4-3-5-12(14)17/h3-8,15,18H,1-2H3. The van der Waals surface area contributed by atoms with Crippen LogP contribution < -0.4 is 4.74 Å². The van der Waals surface area contributed by atoms with Crippen LogP contribution in [0.15, 0.2) is 36.4 Å². The lowest BCUT2D eigenvalue weighted by Gasteiger charge is -2.15. The molecule has 0 bridgehead atoms. The summed E-state index contributed by atoms with van der Waals surface area (Å²) in [5, 5.41) is 10.1. The Morgan fingerprint density at radius 2 is 1.74 bits per heavy atom. The molecule has 1 atom stereocenters. The number of hydrogen-bond acceptors (Lipinski definition) is 2. The molecule has 0 aliphatic carbocycles. The summed E-state index contributed by atoms with van der Waals surface area (Å²) in [6, 6.07) is 8.40. The van der Waals surface area contributed by atoms with Gasteiger partial charge in [0.15, 0.2) is 0 Å². The van der Waals surface area contributed by atoms with Gasteiger partial charge in [0, 0.05) is 0 Å². The second-order valence-corrected chi connectivity index (χ2v) is 4.27. The summed E-state index contributed by atoms with van der Waals surface area (Å²) < 4.78 is 32.3. The summed E-state index contributed by atoms with van der Waals surface area (Å²) >= 11 is 0. The number of benzene rings is 2. The Balaban J connectivity index is 2.44. The molecule has 0 aromatic heterocycles. The van der Waals surface area contributed by atoms with E-state index >= 15 is 0 Å². The van der Waals surface area contributed by atoms with E-state index in [0.29, 0.717) is 11.3 Å². The third-order valence-corrected chi connectivity index (χ3v) is 3.01. The fraction of sp³-hybridized carbons (Fsp3) is 0.200. The van der Waals surface area contributed by atoms with E-state index in [-0.39, 0.29) is 5.56 Å². The number of rotatable bonds is 3. The maximum Gasteiger partial charge on any atom is 0.132 e. The molecule has 0 heterocycles. The number of aliphatic hydroxyl groups is 1. The van der Waals surface area contributed by atoms with E-state index in [1.807, 2.05) is 0 Å². The normalized spacial score (nSPS) is 12.3. The molecule has 0 radical (unpaired) electrons. The molecule has 2 nitrogen and oxygen atoms in total. The Bertz CT molecular complexity index is 576. The van der Waals surface area contributed by atoms with Crippen molar-refractivity contribution in [2.45, 2.75) is 13.0 Å². The summed E-state index contributed by atoms with van der Waals surface area (Å²) in [5.41, 5.74) is 0.866. The SMILES string of the molecule is COc1ccc(C(O)c2c(F)cccc2F)cc1C. The van der Waals surface area contributed by atoms with E-state index in [2.05, 4.69) is 0 Å². The first-order valence-corrected chi connectivity index (χ1v) is 5.81. The average molecular weight is 264 g/mol. The molecule has 4 heteroatoms. The van der Waals surface area contributed by atoms with E-state index in [9.17, 15) is 13.9 Å². The quantitative estimate of drug-likeness (QED) is 0.921. The summed E-state index contributed by atoms with van der Waals surface area (Å²) in [7, 11) is 1.54. The Hall–Kier alpha value is -1.94.